The normalized spacial score (nSPS) is 14.4. The Balaban J connectivity index is 1.46. The number of nitrogens with one attached hydrogen (secondary N) is 3. The lowest BCUT2D eigenvalue weighted by Crippen LogP contribution is -2.38. The first-order valence-electron chi connectivity index (χ1n) is 12.6. The van der Waals surface area contributed by atoms with Gasteiger partial charge in [-0.3, -0.25) is 9.69 Å². The fourth-order valence-electron chi connectivity index (χ4n) is 4.48. The number of halogens is 1. The smallest absolute Gasteiger partial charge is 0.234 e. The van der Waals surface area contributed by atoms with Gasteiger partial charge in [-0.1, -0.05) is 30.3 Å². The average Bonchev–Trinajstić information content (AvgIpc) is 2.93. The molecule has 0 atom stereocenters. The van der Waals surface area contributed by atoms with Gasteiger partial charge in [-0.25, -0.2) is 4.98 Å². The summed E-state index contributed by atoms with van der Waals surface area (Å²) < 4.78 is 11.0. The third-order valence-electron chi connectivity index (χ3n) is 6.46. The number of piperidine rings is 1. The van der Waals surface area contributed by atoms with Crippen LogP contribution >= 0.6 is 11.6 Å². The van der Waals surface area contributed by atoms with Gasteiger partial charge >= 0.3 is 0 Å². The fourth-order valence-corrected chi connectivity index (χ4v) is 4.57. The van der Waals surface area contributed by atoms with Crippen LogP contribution in [0.3, 0.4) is 0 Å². The number of hydrogen-bond acceptors (Lipinski definition) is 8. The molecule has 1 saturated heterocycles. The second kappa shape index (κ2) is 13.3. The quantitative estimate of drug-likeness (QED) is 0.241. The summed E-state index contributed by atoms with van der Waals surface area (Å²) in [5, 5.41) is 10.6. The van der Waals surface area contributed by atoms with Crippen molar-refractivity contribution in [3.8, 4) is 11.5 Å². The molecule has 2 aromatic carbocycles. The fraction of sp³-hybridized carbons (Fsp3) is 0.444. The second-order valence-corrected chi connectivity index (χ2v) is 9.33. The number of alkyl halides is 1. The minimum atomic E-state index is -0.175. The molecule has 0 saturated carbocycles. The van der Waals surface area contributed by atoms with Crippen LogP contribution in [0, 0.1) is 0 Å². The molecular formula is C27H35ClN6O3. The predicted octanol–water partition coefficient (Wildman–Crippen LogP) is 3.88. The number of amides is 1. The minimum Gasteiger partial charge on any atom is -0.493 e. The van der Waals surface area contributed by atoms with E-state index in [1.807, 2.05) is 12.1 Å². The van der Waals surface area contributed by atoms with Gasteiger partial charge in [0, 0.05) is 50.2 Å². The summed E-state index contributed by atoms with van der Waals surface area (Å²) in [6, 6.07) is 14.7. The number of anilines is 2. The highest BCUT2D eigenvalue weighted by molar-refractivity contribution is 6.27. The summed E-state index contributed by atoms with van der Waals surface area (Å²) in [6.45, 7) is 4.15. The summed E-state index contributed by atoms with van der Waals surface area (Å²) >= 11 is 5.53. The average molecular weight is 527 g/mol. The van der Waals surface area contributed by atoms with Gasteiger partial charge in [0.25, 0.3) is 0 Å². The third-order valence-corrected chi connectivity index (χ3v) is 6.70. The van der Waals surface area contributed by atoms with Crippen LogP contribution in [0.25, 0.3) is 10.9 Å². The highest BCUT2D eigenvalue weighted by Crippen LogP contribution is 2.35. The van der Waals surface area contributed by atoms with Gasteiger partial charge in [0.05, 0.1) is 19.7 Å². The van der Waals surface area contributed by atoms with Crippen molar-refractivity contribution in [1.82, 2.24) is 20.2 Å². The van der Waals surface area contributed by atoms with Crippen LogP contribution in [0.5, 0.6) is 11.5 Å². The number of carbonyl (C=O) groups excluding carboxylic acids is 1. The van der Waals surface area contributed by atoms with Gasteiger partial charge in [0.1, 0.15) is 11.7 Å². The van der Waals surface area contributed by atoms with Crippen molar-refractivity contribution < 1.29 is 14.3 Å². The van der Waals surface area contributed by atoms with Gasteiger partial charge in [0.2, 0.25) is 11.9 Å². The van der Waals surface area contributed by atoms with Crippen molar-refractivity contribution in [2.75, 3.05) is 56.9 Å². The number of fused-ring (bicyclic) bond motifs is 1. The molecule has 1 fully saturated rings. The summed E-state index contributed by atoms with van der Waals surface area (Å²) in [5.74, 6) is 2.33. The molecule has 0 aliphatic carbocycles. The topological polar surface area (TPSA) is 101 Å². The van der Waals surface area contributed by atoms with Crippen LogP contribution < -0.4 is 25.4 Å². The maximum absolute atomic E-state index is 11.3. The van der Waals surface area contributed by atoms with Crippen molar-refractivity contribution >= 4 is 40.2 Å². The molecule has 0 radical (unpaired) electrons. The molecular weight excluding hydrogens is 492 g/mol. The lowest BCUT2D eigenvalue weighted by molar-refractivity contribution is -0.118. The zero-order valence-corrected chi connectivity index (χ0v) is 22.2. The first kappa shape index (κ1) is 26.8. The van der Waals surface area contributed by atoms with E-state index in [0.717, 1.165) is 55.6 Å². The zero-order chi connectivity index (χ0) is 26.0. The van der Waals surface area contributed by atoms with Crippen molar-refractivity contribution in [3.63, 3.8) is 0 Å². The first-order chi connectivity index (χ1) is 18.1. The van der Waals surface area contributed by atoms with Crippen molar-refractivity contribution in [3.05, 3.63) is 48.0 Å². The number of carbonyl (C=O) groups is 1. The predicted molar refractivity (Wildman–Crippen MR) is 148 cm³/mol. The molecule has 0 spiro atoms. The largest absolute Gasteiger partial charge is 0.493 e. The summed E-state index contributed by atoms with van der Waals surface area (Å²) in [6.07, 6.45) is 2.77. The molecule has 1 amide bonds. The van der Waals surface area contributed by atoms with Gasteiger partial charge in [0.15, 0.2) is 11.5 Å². The Morgan fingerprint density at radius 2 is 1.78 bits per heavy atom. The molecule has 9 nitrogen and oxygen atoms in total. The molecule has 10 heteroatoms. The summed E-state index contributed by atoms with van der Waals surface area (Å²) in [7, 11) is 3.24. The van der Waals surface area contributed by atoms with Gasteiger partial charge in [-0.2, -0.15) is 4.98 Å². The van der Waals surface area contributed by atoms with Gasteiger partial charge in [-0.05, 0) is 30.9 Å². The van der Waals surface area contributed by atoms with Crippen molar-refractivity contribution in [1.29, 1.82) is 0 Å². The highest BCUT2D eigenvalue weighted by atomic mass is 35.5. The lowest BCUT2D eigenvalue weighted by Gasteiger charge is -2.33. The minimum absolute atomic E-state index is 0.0350. The zero-order valence-electron chi connectivity index (χ0n) is 21.4. The van der Waals surface area contributed by atoms with Crippen LogP contribution in [0.4, 0.5) is 11.8 Å². The SMILES string of the molecule is COc1cc2nc(NCCCNC(=O)CCl)nc(NC3CCN(Cc4ccccc4)CC3)c2cc1OC. The number of methoxy groups -OCH3 is 2. The maximum atomic E-state index is 11.3. The Morgan fingerprint density at radius 1 is 1.05 bits per heavy atom. The number of nitrogens with zero attached hydrogens (tertiary/aromatic N) is 3. The molecule has 4 rings (SSSR count). The van der Waals surface area contributed by atoms with Gasteiger partial charge < -0.3 is 25.4 Å². The van der Waals surface area contributed by atoms with Crippen LogP contribution in [0.1, 0.15) is 24.8 Å². The van der Waals surface area contributed by atoms with Crippen LogP contribution in [-0.2, 0) is 11.3 Å². The molecule has 0 unspecified atom stereocenters. The third kappa shape index (κ3) is 7.36. The van der Waals surface area contributed by atoms with Crippen molar-refractivity contribution in [2.24, 2.45) is 0 Å². The van der Waals surface area contributed by atoms with E-state index < -0.39 is 0 Å². The Bertz CT molecular complexity index is 1170. The molecule has 1 aliphatic heterocycles. The van der Waals surface area contributed by atoms with Gasteiger partial charge in [-0.15, -0.1) is 11.6 Å². The highest BCUT2D eigenvalue weighted by Gasteiger charge is 2.21. The maximum Gasteiger partial charge on any atom is 0.234 e. The van der Waals surface area contributed by atoms with Crippen LogP contribution in [0.15, 0.2) is 42.5 Å². The first-order valence-corrected chi connectivity index (χ1v) is 13.2. The molecule has 198 valence electrons. The Kier molecular flexibility index (Phi) is 9.62. The Labute approximate surface area is 222 Å². The molecule has 2 heterocycles. The monoisotopic (exact) mass is 526 g/mol. The van der Waals surface area contributed by atoms with E-state index in [-0.39, 0.29) is 11.8 Å². The van der Waals surface area contributed by atoms with E-state index in [0.29, 0.717) is 36.6 Å². The van der Waals surface area contributed by atoms with E-state index in [2.05, 4.69) is 51.2 Å². The molecule has 3 N–H and O–H groups in total. The van der Waals surface area contributed by atoms with E-state index in [1.165, 1.54) is 5.56 Å². The second-order valence-electron chi connectivity index (χ2n) is 9.06. The Hall–Kier alpha value is -3.30. The van der Waals surface area contributed by atoms with E-state index in [9.17, 15) is 4.79 Å². The van der Waals surface area contributed by atoms with E-state index in [4.69, 9.17) is 31.0 Å². The molecule has 37 heavy (non-hydrogen) atoms. The molecule has 0 bridgehead atoms. The van der Waals surface area contributed by atoms with Crippen molar-refractivity contribution in [2.45, 2.75) is 31.8 Å². The molecule has 1 aromatic heterocycles. The molecule has 3 aromatic rings. The number of rotatable bonds is 12. The number of likely N-dealkylation sites (tertiary alicyclic amines) is 1. The van der Waals surface area contributed by atoms with E-state index in [1.54, 1.807) is 14.2 Å². The summed E-state index contributed by atoms with van der Waals surface area (Å²) in [4.78, 5) is 23.3. The molecule has 1 aliphatic rings. The number of ether oxygens (including phenoxy) is 2. The summed E-state index contributed by atoms with van der Waals surface area (Å²) in [5.41, 5.74) is 2.10. The number of hydrogen-bond donors (Lipinski definition) is 3. The van der Waals surface area contributed by atoms with Crippen LogP contribution in [-0.4, -0.2) is 73.1 Å². The Morgan fingerprint density at radius 3 is 2.49 bits per heavy atom. The van der Waals surface area contributed by atoms with E-state index >= 15 is 0 Å². The lowest BCUT2D eigenvalue weighted by atomic mass is 10.0. The van der Waals surface area contributed by atoms with Crippen LogP contribution in [0.2, 0.25) is 0 Å². The number of benzene rings is 2. The number of aromatic nitrogens is 2. The standard InChI is InChI=1S/C27H35ClN6O3/c1-36-23-15-21-22(16-24(23)37-2)32-27(30-12-6-11-29-25(35)17-28)33-26(21)31-20-9-13-34(14-10-20)18-19-7-4-3-5-8-19/h3-5,7-8,15-16,20H,6,9-14,17-18H2,1-2H3,(H,29,35)(H2,30,31,32,33).